The summed E-state index contributed by atoms with van der Waals surface area (Å²) in [4.78, 5) is 0. The number of halogens is 1. The molecule has 0 atom stereocenters. The van der Waals surface area contributed by atoms with Crippen molar-refractivity contribution in [2.45, 2.75) is 19.3 Å². The van der Waals surface area contributed by atoms with Crippen LogP contribution in [0.3, 0.4) is 0 Å². The predicted molar refractivity (Wildman–Crippen MR) is 53.0 cm³/mol. The van der Waals surface area contributed by atoms with Crippen molar-refractivity contribution in [1.82, 2.24) is 4.31 Å². The maximum absolute atomic E-state index is 11.3. The van der Waals surface area contributed by atoms with Gasteiger partial charge in [-0.1, -0.05) is 15.9 Å². The summed E-state index contributed by atoms with van der Waals surface area (Å²) in [7, 11) is -2.85. The maximum Gasteiger partial charge on any atom is 0.214 e. The zero-order chi connectivity index (χ0) is 9.03. The molecule has 1 heterocycles. The van der Waals surface area contributed by atoms with Crippen LogP contribution in [0.15, 0.2) is 0 Å². The maximum atomic E-state index is 11.3. The Morgan fingerprint density at radius 2 is 2.08 bits per heavy atom. The summed E-state index contributed by atoms with van der Waals surface area (Å²) in [6.45, 7) is 1.43. The van der Waals surface area contributed by atoms with Crippen molar-refractivity contribution in [3.8, 4) is 0 Å². The van der Waals surface area contributed by atoms with Crippen LogP contribution in [0.25, 0.3) is 0 Å². The molecular formula is C7H14BrNO2S. The minimum absolute atomic E-state index is 0.349. The van der Waals surface area contributed by atoms with E-state index in [1.807, 2.05) is 0 Å². The fraction of sp³-hybridized carbons (Fsp3) is 1.00. The van der Waals surface area contributed by atoms with Gasteiger partial charge in [0.2, 0.25) is 10.0 Å². The number of nitrogens with zero attached hydrogens (tertiary/aromatic N) is 1. The van der Waals surface area contributed by atoms with Gasteiger partial charge in [-0.3, -0.25) is 0 Å². The number of hydrogen-bond donors (Lipinski definition) is 0. The van der Waals surface area contributed by atoms with Crippen LogP contribution in [0.2, 0.25) is 0 Å². The molecule has 1 aliphatic heterocycles. The molecule has 1 saturated heterocycles. The summed E-state index contributed by atoms with van der Waals surface area (Å²) in [6.07, 6.45) is 2.81. The highest BCUT2D eigenvalue weighted by molar-refractivity contribution is 9.09. The number of hydrogen-bond acceptors (Lipinski definition) is 2. The van der Waals surface area contributed by atoms with Gasteiger partial charge < -0.3 is 0 Å². The van der Waals surface area contributed by atoms with Gasteiger partial charge in [0.15, 0.2) is 0 Å². The third kappa shape index (κ3) is 2.71. The lowest BCUT2D eigenvalue weighted by molar-refractivity contribution is 0.434. The summed E-state index contributed by atoms with van der Waals surface area (Å²) < 4.78 is 24.1. The smallest absolute Gasteiger partial charge is 0.212 e. The van der Waals surface area contributed by atoms with Crippen molar-refractivity contribution in [2.75, 3.05) is 24.2 Å². The zero-order valence-corrected chi connectivity index (χ0v) is 9.40. The second kappa shape index (κ2) is 4.58. The largest absolute Gasteiger partial charge is 0.214 e. The van der Waals surface area contributed by atoms with E-state index in [9.17, 15) is 8.42 Å². The molecule has 0 N–H and O–H groups in total. The minimum atomic E-state index is -2.85. The second-order valence-corrected chi connectivity index (χ2v) is 5.85. The van der Waals surface area contributed by atoms with E-state index in [0.717, 1.165) is 31.1 Å². The average Bonchev–Trinajstić information content (AvgIpc) is 2.32. The fourth-order valence-electron chi connectivity index (χ4n) is 1.33. The number of rotatable bonds is 4. The molecule has 0 aliphatic carbocycles. The van der Waals surface area contributed by atoms with Gasteiger partial charge in [0.05, 0.1) is 5.75 Å². The van der Waals surface area contributed by atoms with E-state index >= 15 is 0 Å². The van der Waals surface area contributed by atoms with Crippen molar-refractivity contribution in [2.24, 2.45) is 0 Å². The van der Waals surface area contributed by atoms with Crippen LogP contribution in [0.1, 0.15) is 19.3 Å². The number of unbranched alkanes of at least 4 members (excludes halogenated alkanes) is 1. The fourth-order valence-corrected chi connectivity index (χ4v) is 3.29. The standard InChI is InChI=1S/C7H14BrNO2S/c8-4-1-2-5-9-6-3-7-12(9,10)11/h1-7H2. The van der Waals surface area contributed by atoms with Gasteiger partial charge in [-0.25, -0.2) is 12.7 Å². The summed E-state index contributed by atoms with van der Waals surface area (Å²) in [5.74, 6) is 0.349. The Labute approximate surface area is 82.3 Å². The highest BCUT2D eigenvalue weighted by Crippen LogP contribution is 2.13. The molecule has 3 nitrogen and oxygen atoms in total. The summed E-state index contributed by atoms with van der Waals surface area (Å²) in [5.41, 5.74) is 0. The van der Waals surface area contributed by atoms with Crippen LogP contribution in [-0.2, 0) is 10.0 Å². The molecule has 0 saturated carbocycles. The van der Waals surface area contributed by atoms with E-state index in [0.29, 0.717) is 12.3 Å². The van der Waals surface area contributed by atoms with Crippen molar-refractivity contribution >= 4 is 26.0 Å². The molecule has 0 aromatic heterocycles. The van der Waals surface area contributed by atoms with Gasteiger partial charge in [-0.2, -0.15) is 0 Å². The lowest BCUT2D eigenvalue weighted by Crippen LogP contribution is -2.26. The van der Waals surface area contributed by atoms with E-state index in [2.05, 4.69) is 15.9 Å². The van der Waals surface area contributed by atoms with Crippen molar-refractivity contribution in [1.29, 1.82) is 0 Å². The van der Waals surface area contributed by atoms with Gasteiger partial charge in [0.25, 0.3) is 0 Å². The van der Waals surface area contributed by atoms with Gasteiger partial charge in [-0.05, 0) is 19.3 Å². The lowest BCUT2D eigenvalue weighted by Gasteiger charge is -2.12. The van der Waals surface area contributed by atoms with Crippen LogP contribution in [0.4, 0.5) is 0 Å². The van der Waals surface area contributed by atoms with Crippen LogP contribution in [-0.4, -0.2) is 36.9 Å². The van der Waals surface area contributed by atoms with E-state index < -0.39 is 10.0 Å². The van der Waals surface area contributed by atoms with Crippen LogP contribution < -0.4 is 0 Å². The first-order valence-electron chi connectivity index (χ1n) is 4.20. The highest BCUT2D eigenvalue weighted by atomic mass is 79.9. The second-order valence-electron chi connectivity index (χ2n) is 2.96. The van der Waals surface area contributed by atoms with Crippen LogP contribution in [0.5, 0.6) is 0 Å². The molecule has 12 heavy (non-hydrogen) atoms. The summed E-state index contributed by atoms with van der Waals surface area (Å²) in [6, 6.07) is 0. The first-order valence-corrected chi connectivity index (χ1v) is 6.93. The van der Waals surface area contributed by atoms with Crippen LogP contribution in [0, 0.1) is 0 Å². The van der Waals surface area contributed by atoms with E-state index in [1.165, 1.54) is 0 Å². The molecular weight excluding hydrogens is 242 g/mol. The molecule has 0 aromatic rings. The highest BCUT2D eigenvalue weighted by Gasteiger charge is 2.26. The van der Waals surface area contributed by atoms with Gasteiger partial charge in [0, 0.05) is 18.4 Å². The molecule has 1 rings (SSSR count). The third-order valence-corrected chi connectivity index (χ3v) is 4.51. The quantitative estimate of drug-likeness (QED) is 0.560. The lowest BCUT2D eigenvalue weighted by atomic mass is 10.3. The Morgan fingerprint density at radius 1 is 1.33 bits per heavy atom. The molecule has 0 aromatic carbocycles. The van der Waals surface area contributed by atoms with Crippen LogP contribution >= 0.6 is 15.9 Å². The number of sulfonamides is 1. The Bertz CT molecular complexity index is 228. The Balaban J connectivity index is 2.32. The number of alkyl halides is 1. The first kappa shape index (κ1) is 10.5. The third-order valence-electron chi connectivity index (χ3n) is 1.99. The predicted octanol–water partition coefficient (Wildman–Crippen LogP) is 1.20. The summed E-state index contributed by atoms with van der Waals surface area (Å²) >= 11 is 3.32. The van der Waals surface area contributed by atoms with E-state index in [4.69, 9.17) is 0 Å². The Morgan fingerprint density at radius 3 is 2.58 bits per heavy atom. The topological polar surface area (TPSA) is 37.4 Å². The molecule has 0 spiro atoms. The van der Waals surface area contributed by atoms with E-state index in [1.54, 1.807) is 4.31 Å². The van der Waals surface area contributed by atoms with Gasteiger partial charge in [0.1, 0.15) is 0 Å². The first-order chi connectivity index (χ1) is 5.67. The monoisotopic (exact) mass is 255 g/mol. The molecule has 0 bridgehead atoms. The average molecular weight is 256 g/mol. The zero-order valence-electron chi connectivity index (χ0n) is 7.00. The molecule has 0 unspecified atom stereocenters. The van der Waals surface area contributed by atoms with Crippen molar-refractivity contribution < 1.29 is 8.42 Å². The SMILES string of the molecule is O=S1(=O)CCCN1CCCCBr. The normalized spacial score (nSPS) is 23.1. The van der Waals surface area contributed by atoms with Crippen molar-refractivity contribution in [3.63, 3.8) is 0 Å². The van der Waals surface area contributed by atoms with Gasteiger partial charge >= 0.3 is 0 Å². The summed E-state index contributed by atoms with van der Waals surface area (Å²) in [5, 5.41) is 0.959. The molecule has 0 amide bonds. The Kier molecular flexibility index (Phi) is 3.99. The van der Waals surface area contributed by atoms with Crippen molar-refractivity contribution in [3.05, 3.63) is 0 Å². The Hall–Kier alpha value is 0.390. The minimum Gasteiger partial charge on any atom is -0.212 e. The van der Waals surface area contributed by atoms with E-state index in [-0.39, 0.29) is 0 Å². The molecule has 1 aliphatic rings. The van der Waals surface area contributed by atoms with Gasteiger partial charge in [-0.15, -0.1) is 0 Å². The molecule has 72 valence electrons. The molecule has 0 radical (unpaired) electrons. The molecule has 5 heteroatoms. The molecule has 1 fully saturated rings.